The first-order valence-corrected chi connectivity index (χ1v) is 5.76. The summed E-state index contributed by atoms with van der Waals surface area (Å²) < 4.78 is 10.8. The Kier molecular flexibility index (Phi) is 5.38. The highest BCUT2D eigenvalue weighted by molar-refractivity contribution is 6.32. The molecule has 0 saturated heterocycles. The molecule has 0 aromatic heterocycles. The van der Waals surface area contributed by atoms with Gasteiger partial charge in [0, 0.05) is 17.7 Å². The van der Waals surface area contributed by atoms with Gasteiger partial charge in [0.15, 0.2) is 0 Å². The van der Waals surface area contributed by atoms with E-state index in [1.54, 1.807) is 18.2 Å². The van der Waals surface area contributed by atoms with Gasteiger partial charge in [-0.3, -0.25) is 0 Å². The number of allylic oxidation sites excluding steroid dienone is 1. The van der Waals surface area contributed by atoms with Crippen LogP contribution in [-0.2, 0) is 0 Å². The van der Waals surface area contributed by atoms with E-state index in [2.05, 4.69) is 0 Å². The minimum Gasteiger partial charge on any atom is -0.494 e. The van der Waals surface area contributed by atoms with E-state index in [0.717, 1.165) is 5.56 Å². The fourth-order valence-corrected chi connectivity index (χ4v) is 1.66. The lowest BCUT2D eigenvalue weighted by molar-refractivity contribution is 0.330. The molecule has 0 aliphatic carbocycles. The van der Waals surface area contributed by atoms with Gasteiger partial charge in [0.1, 0.15) is 11.5 Å². The lowest BCUT2D eigenvalue weighted by Gasteiger charge is -2.12. The maximum Gasteiger partial charge on any atom is 0.145 e. The predicted molar refractivity (Wildman–Crippen MR) is 68.4 cm³/mol. The molecular weight excluding hydrogens is 238 g/mol. The molecule has 1 aromatic rings. The van der Waals surface area contributed by atoms with Gasteiger partial charge in [-0.05, 0) is 26.0 Å². The molecule has 0 amide bonds. The molecular formula is C13H14ClNO2. The van der Waals surface area contributed by atoms with Gasteiger partial charge >= 0.3 is 0 Å². The van der Waals surface area contributed by atoms with Crippen LogP contribution < -0.4 is 9.47 Å². The van der Waals surface area contributed by atoms with Crippen LogP contribution >= 0.6 is 11.6 Å². The van der Waals surface area contributed by atoms with Crippen LogP contribution in [0.5, 0.6) is 11.5 Å². The third kappa shape index (κ3) is 3.69. The quantitative estimate of drug-likeness (QED) is 0.750. The van der Waals surface area contributed by atoms with Gasteiger partial charge in [-0.2, -0.15) is 5.26 Å². The molecule has 0 fully saturated rings. The van der Waals surface area contributed by atoms with Crippen molar-refractivity contribution >= 4 is 17.7 Å². The van der Waals surface area contributed by atoms with E-state index in [4.69, 9.17) is 26.3 Å². The van der Waals surface area contributed by atoms with E-state index >= 15 is 0 Å². The molecule has 0 spiro atoms. The Morgan fingerprint density at radius 3 is 2.59 bits per heavy atom. The summed E-state index contributed by atoms with van der Waals surface area (Å²) in [4.78, 5) is 0. The lowest BCUT2D eigenvalue weighted by atomic mass is 10.1. The van der Waals surface area contributed by atoms with Crippen LogP contribution in [0.2, 0.25) is 5.02 Å². The van der Waals surface area contributed by atoms with E-state index in [9.17, 15) is 0 Å². The van der Waals surface area contributed by atoms with Gasteiger partial charge in [-0.25, -0.2) is 0 Å². The van der Waals surface area contributed by atoms with E-state index in [1.807, 2.05) is 19.9 Å². The van der Waals surface area contributed by atoms with Crippen LogP contribution in [-0.4, -0.2) is 13.2 Å². The average Bonchev–Trinajstić information content (AvgIpc) is 2.31. The molecule has 0 heterocycles. The zero-order valence-corrected chi connectivity index (χ0v) is 10.6. The van der Waals surface area contributed by atoms with E-state index < -0.39 is 0 Å². The summed E-state index contributed by atoms with van der Waals surface area (Å²) in [6.07, 6.45) is 3.03. The third-order valence-corrected chi connectivity index (χ3v) is 2.26. The van der Waals surface area contributed by atoms with Crippen LogP contribution in [0.1, 0.15) is 19.4 Å². The van der Waals surface area contributed by atoms with Crippen molar-refractivity contribution in [3.05, 3.63) is 28.8 Å². The number of halogens is 1. The molecule has 4 heteroatoms. The third-order valence-electron chi connectivity index (χ3n) is 1.98. The smallest absolute Gasteiger partial charge is 0.145 e. The van der Waals surface area contributed by atoms with Crippen molar-refractivity contribution in [1.29, 1.82) is 5.26 Å². The van der Waals surface area contributed by atoms with Crippen molar-refractivity contribution in [2.75, 3.05) is 13.2 Å². The Morgan fingerprint density at radius 2 is 2.00 bits per heavy atom. The number of ether oxygens (including phenoxy) is 2. The highest BCUT2D eigenvalue weighted by atomic mass is 35.5. The second-order valence-corrected chi connectivity index (χ2v) is 3.56. The van der Waals surface area contributed by atoms with Crippen LogP contribution in [0.15, 0.2) is 18.2 Å². The summed E-state index contributed by atoms with van der Waals surface area (Å²) in [5, 5.41) is 9.03. The van der Waals surface area contributed by atoms with Crippen molar-refractivity contribution in [1.82, 2.24) is 0 Å². The molecule has 0 aliphatic heterocycles. The Morgan fingerprint density at radius 1 is 1.29 bits per heavy atom. The number of rotatable bonds is 5. The first-order valence-electron chi connectivity index (χ1n) is 5.38. The number of nitrogens with zero attached hydrogens (tertiary/aromatic N) is 1. The molecule has 0 N–H and O–H groups in total. The summed E-state index contributed by atoms with van der Waals surface area (Å²) in [6.45, 7) is 4.85. The second-order valence-electron chi connectivity index (χ2n) is 3.15. The van der Waals surface area contributed by atoms with Gasteiger partial charge in [-0.1, -0.05) is 11.6 Å². The standard InChI is InChI=1S/C13H14ClNO2/c1-3-16-11-8-10(6-5-7-15)13(17-4-2)12(14)9-11/h5-6,8-9H,3-4H2,1-2H3/b6-5+. The molecule has 0 unspecified atom stereocenters. The van der Waals surface area contributed by atoms with Crippen molar-refractivity contribution in [2.45, 2.75) is 13.8 Å². The maximum atomic E-state index is 8.55. The van der Waals surface area contributed by atoms with Crippen molar-refractivity contribution in [3.63, 3.8) is 0 Å². The number of nitriles is 1. The summed E-state index contributed by atoms with van der Waals surface area (Å²) >= 11 is 6.11. The first-order chi connectivity index (χ1) is 8.22. The molecule has 1 aromatic carbocycles. The number of hydrogen-bond acceptors (Lipinski definition) is 3. The monoisotopic (exact) mass is 251 g/mol. The predicted octanol–water partition coefficient (Wildman–Crippen LogP) is 3.67. The molecule has 0 saturated carbocycles. The van der Waals surface area contributed by atoms with Crippen LogP contribution in [0.4, 0.5) is 0 Å². The molecule has 90 valence electrons. The minimum absolute atomic E-state index is 0.482. The van der Waals surface area contributed by atoms with Gasteiger partial charge in [0.2, 0.25) is 0 Å². The molecule has 0 radical (unpaired) electrons. The van der Waals surface area contributed by atoms with E-state index in [0.29, 0.717) is 29.7 Å². The van der Waals surface area contributed by atoms with Crippen molar-refractivity contribution in [3.8, 4) is 17.6 Å². The number of benzene rings is 1. The Balaban J connectivity index is 3.19. The molecule has 0 aliphatic rings. The maximum absolute atomic E-state index is 8.55. The molecule has 1 rings (SSSR count). The van der Waals surface area contributed by atoms with E-state index in [-0.39, 0.29) is 0 Å². The first kappa shape index (κ1) is 13.4. The molecule has 0 atom stereocenters. The Hall–Kier alpha value is -1.66. The van der Waals surface area contributed by atoms with E-state index in [1.165, 1.54) is 6.08 Å². The zero-order valence-electron chi connectivity index (χ0n) is 9.87. The molecule has 3 nitrogen and oxygen atoms in total. The van der Waals surface area contributed by atoms with Gasteiger partial charge in [0.25, 0.3) is 0 Å². The Bertz CT molecular complexity index is 449. The SMILES string of the molecule is CCOc1cc(Cl)c(OCC)c(/C=C/C#N)c1. The van der Waals surface area contributed by atoms with Crippen LogP contribution in [0.25, 0.3) is 6.08 Å². The largest absolute Gasteiger partial charge is 0.494 e. The fourth-order valence-electron chi connectivity index (χ4n) is 1.39. The molecule has 17 heavy (non-hydrogen) atoms. The highest BCUT2D eigenvalue weighted by Crippen LogP contribution is 2.34. The number of hydrogen-bond donors (Lipinski definition) is 0. The van der Waals surface area contributed by atoms with Crippen LogP contribution in [0.3, 0.4) is 0 Å². The minimum atomic E-state index is 0.482. The van der Waals surface area contributed by atoms with Crippen molar-refractivity contribution in [2.24, 2.45) is 0 Å². The summed E-state index contributed by atoms with van der Waals surface area (Å²) in [5.41, 5.74) is 0.740. The molecule has 0 bridgehead atoms. The summed E-state index contributed by atoms with van der Waals surface area (Å²) in [7, 11) is 0. The normalized spacial score (nSPS) is 10.2. The lowest BCUT2D eigenvalue weighted by Crippen LogP contribution is -1.97. The highest BCUT2D eigenvalue weighted by Gasteiger charge is 2.09. The zero-order chi connectivity index (χ0) is 12.7. The average molecular weight is 252 g/mol. The summed E-state index contributed by atoms with van der Waals surface area (Å²) in [5.74, 6) is 1.24. The topological polar surface area (TPSA) is 42.2 Å². The van der Waals surface area contributed by atoms with Crippen LogP contribution in [0, 0.1) is 11.3 Å². The van der Waals surface area contributed by atoms with Gasteiger partial charge < -0.3 is 9.47 Å². The second kappa shape index (κ2) is 6.82. The fraction of sp³-hybridized carbons (Fsp3) is 0.308. The van der Waals surface area contributed by atoms with Gasteiger partial charge in [0.05, 0.1) is 24.3 Å². The Labute approximate surface area is 106 Å². The summed E-state index contributed by atoms with van der Waals surface area (Å²) in [6, 6.07) is 5.44. The van der Waals surface area contributed by atoms with Crippen molar-refractivity contribution < 1.29 is 9.47 Å². The van der Waals surface area contributed by atoms with Gasteiger partial charge in [-0.15, -0.1) is 0 Å².